The van der Waals surface area contributed by atoms with E-state index in [1.54, 1.807) is 0 Å². The molecule has 0 spiro atoms. The van der Waals surface area contributed by atoms with Crippen LogP contribution in [0.1, 0.15) is 38.5 Å². The molecule has 0 aromatic heterocycles. The molecule has 0 atom stereocenters. The molecule has 3 nitrogen and oxygen atoms in total. The van der Waals surface area contributed by atoms with Gasteiger partial charge in [0.25, 0.3) is 0 Å². The highest BCUT2D eigenvalue weighted by atomic mass is 16.3. The van der Waals surface area contributed by atoms with Crippen LogP contribution in [0.15, 0.2) is 0 Å². The summed E-state index contributed by atoms with van der Waals surface area (Å²) in [7, 11) is 0. The topological polar surface area (TPSA) is 60.7 Å². The lowest BCUT2D eigenvalue weighted by Crippen LogP contribution is -2.11. The molecule has 3 N–H and O–H groups in total. The molecule has 0 aromatic carbocycles. The predicted molar refractivity (Wildman–Crippen MR) is 45.7 cm³/mol. The Morgan fingerprint density at radius 2 is 0.667 bits per heavy atom. The van der Waals surface area contributed by atoms with Gasteiger partial charge in [-0.15, -0.1) is 0 Å². The van der Waals surface area contributed by atoms with Gasteiger partial charge in [0.15, 0.2) is 0 Å². The zero-order chi connectivity index (χ0) is 8.97. The highest BCUT2D eigenvalue weighted by Crippen LogP contribution is 2.17. The highest BCUT2D eigenvalue weighted by molar-refractivity contribution is 4.69. The third-order valence-corrected chi connectivity index (χ3v) is 2.50. The number of hydrogen-bond donors (Lipinski definition) is 3. The van der Waals surface area contributed by atoms with E-state index >= 15 is 0 Å². The summed E-state index contributed by atoms with van der Waals surface area (Å²) in [5.74, 6) is 0. The third kappa shape index (κ3) is 3.52. The summed E-state index contributed by atoms with van der Waals surface area (Å²) in [6, 6.07) is 0. The molecule has 0 radical (unpaired) electrons. The van der Waals surface area contributed by atoms with Crippen LogP contribution in [0.25, 0.3) is 0 Å². The minimum absolute atomic E-state index is 0.340. The first-order chi connectivity index (χ1) is 5.68. The van der Waals surface area contributed by atoms with E-state index < -0.39 is 0 Å². The van der Waals surface area contributed by atoms with Gasteiger partial charge in [-0.05, 0) is 38.5 Å². The standard InChI is InChI=1S/C9H18O3/c10-7-1-2-8(11)5-6-9(12)4-3-7/h7-12H,1-6H2. The molecule has 1 aliphatic carbocycles. The van der Waals surface area contributed by atoms with E-state index in [2.05, 4.69) is 0 Å². The average molecular weight is 174 g/mol. The number of hydrogen-bond acceptors (Lipinski definition) is 3. The second-order valence-corrected chi connectivity index (χ2v) is 3.69. The Kier molecular flexibility index (Phi) is 3.98. The van der Waals surface area contributed by atoms with Crippen molar-refractivity contribution < 1.29 is 15.3 Å². The van der Waals surface area contributed by atoms with Gasteiger partial charge in [-0.3, -0.25) is 0 Å². The average Bonchev–Trinajstić information content (AvgIpc) is 2.11. The van der Waals surface area contributed by atoms with Crippen LogP contribution < -0.4 is 0 Å². The van der Waals surface area contributed by atoms with Crippen LogP contribution in [-0.4, -0.2) is 33.6 Å². The summed E-state index contributed by atoms with van der Waals surface area (Å²) in [6.45, 7) is 0. The maximum absolute atomic E-state index is 9.35. The minimum atomic E-state index is -0.340. The first-order valence-corrected chi connectivity index (χ1v) is 4.72. The lowest BCUT2D eigenvalue weighted by Gasteiger charge is -2.09. The van der Waals surface area contributed by atoms with Crippen LogP contribution in [0.4, 0.5) is 0 Å². The van der Waals surface area contributed by atoms with Gasteiger partial charge in [0.05, 0.1) is 18.3 Å². The molecule has 0 aliphatic heterocycles. The summed E-state index contributed by atoms with van der Waals surface area (Å²) in [4.78, 5) is 0. The van der Waals surface area contributed by atoms with Crippen LogP contribution in [0, 0.1) is 0 Å². The second-order valence-electron chi connectivity index (χ2n) is 3.69. The van der Waals surface area contributed by atoms with Crippen LogP contribution in [0.5, 0.6) is 0 Å². The zero-order valence-corrected chi connectivity index (χ0v) is 7.32. The predicted octanol–water partition coefficient (Wildman–Crippen LogP) is 0.423. The summed E-state index contributed by atoms with van der Waals surface area (Å²) < 4.78 is 0. The van der Waals surface area contributed by atoms with Crippen molar-refractivity contribution in [3.05, 3.63) is 0 Å². The van der Waals surface area contributed by atoms with Gasteiger partial charge in [-0.2, -0.15) is 0 Å². The summed E-state index contributed by atoms with van der Waals surface area (Å²) in [5, 5.41) is 28.1. The maximum atomic E-state index is 9.35. The molecular weight excluding hydrogens is 156 g/mol. The third-order valence-electron chi connectivity index (χ3n) is 2.50. The maximum Gasteiger partial charge on any atom is 0.0542 e. The van der Waals surface area contributed by atoms with Crippen molar-refractivity contribution in [3.63, 3.8) is 0 Å². The fraction of sp³-hybridized carbons (Fsp3) is 1.00. The van der Waals surface area contributed by atoms with Crippen molar-refractivity contribution in [1.82, 2.24) is 0 Å². The van der Waals surface area contributed by atoms with E-state index in [0.717, 1.165) is 0 Å². The van der Waals surface area contributed by atoms with Crippen molar-refractivity contribution >= 4 is 0 Å². The molecule has 1 saturated carbocycles. The van der Waals surface area contributed by atoms with Crippen molar-refractivity contribution in [3.8, 4) is 0 Å². The molecule has 0 heterocycles. The van der Waals surface area contributed by atoms with Crippen LogP contribution in [0.2, 0.25) is 0 Å². The minimum Gasteiger partial charge on any atom is -0.393 e. The molecular formula is C9H18O3. The van der Waals surface area contributed by atoms with Gasteiger partial charge in [-0.1, -0.05) is 0 Å². The van der Waals surface area contributed by atoms with Crippen LogP contribution in [0.3, 0.4) is 0 Å². The van der Waals surface area contributed by atoms with Crippen molar-refractivity contribution in [1.29, 1.82) is 0 Å². The Bertz CT molecular complexity index is 91.2. The lowest BCUT2D eigenvalue weighted by molar-refractivity contribution is 0.109. The summed E-state index contributed by atoms with van der Waals surface area (Å²) in [6.07, 6.45) is 2.94. The molecule has 0 aromatic rings. The molecule has 3 heteroatoms. The van der Waals surface area contributed by atoms with Crippen molar-refractivity contribution in [2.24, 2.45) is 0 Å². The fourth-order valence-corrected chi connectivity index (χ4v) is 1.59. The largest absolute Gasteiger partial charge is 0.393 e. The molecule has 1 rings (SSSR count). The summed E-state index contributed by atoms with van der Waals surface area (Å²) >= 11 is 0. The Morgan fingerprint density at radius 1 is 0.500 bits per heavy atom. The van der Waals surface area contributed by atoms with E-state index in [4.69, 9.17) is 0 Å². The Morgan fingerprint density at radius 3 is 0.833 bits per heavy atom. The van der Waals surface area contributed by atoms with Crippen LogP contribution in [-0.2, 0) is 0 Å². The molecule has 12 heavy (non-hydrogen) atoms. The first-order valence-electron chi connectivity index (χ1n) is 4.72. The highest BCUT2D eigenvalue weighted by Gasteiger charge is 2.16. The van der Waals surface area contributed by atoms with Crippen molar-refractivity contribution in [2.75, 3.05) is 0 Å². The van der Waals surface area contributed by atoms with Gasteiger partial charge in [0, 0.05) is 0 Å². The van der Waals surface area contributed by atoms with Gasteiger partial charge in [0.2, 0.25) is 0 Å². The Hall–Kier alpha value is -0.120. The Labute approximate surface area is 73.0 Å². The smallest absolute Gasteiger partial charge is 0.0542 e. The van der Waals surface area contributed by atoms with E-state index in [0.29, 0.717) is 38.5 Å². The second kappa shape index (κ2) is 4.80. The SMILES string of the molecule is OC1CCC(O)CCC(O)CC1. The van der Waals surface area contributed by atoms with Gasteiger partial charge in [-0.25, -0.2) is 0 Å². The molecule has 0 saturated heterocycles. The number of rotatable bonds is 0. The number of aliphatic hydroxyl groups is 3. The monoisotopic (exact) mass is 174 g/mol. The molecule has 0 amide bonds. The van der Waals surface area contributed by atoms with Crippen LogP contribution >= 0.6 is 0 Å². The fourth-order valence-electron chi connectivity index (χ4n) is 1.59. The molecule has 0 bridgehead atoms. The van der Waals surface area contributed by atoms with E-state index in [-0.39, 0.29) is 18.3 Å². The van der Waals surface area contributed by atoms with Gasteiger partial charge >= 0.3 is 0 Å². The number of aliphatic hydroxyl groups excluding tert-OH is 3. The van der Waals surface area contributed by atoms with E-state index in [9.17, 15) is 15.3 Å². The lowest BCUT2D eigenvalue weighted by atomic mass is 10.1. The Balaban J connectivity index is 2.36. The molecule has 72 valence electrons. The quantitative estimate of drug-likeness (QED) is 0.499. The molecule has 1 fully saturated rings. The zero-order valence-electron chi connectivity index (χ0n) is 7.32. The van der Waals surface area contributed by atoms with Crippen molar-refractivity contribution in [2.45, 2.75) is 56.8 Å². The first kappa shape index (κ1) is 9.96. The molecule has 1 aliphatic rings. The van der Waals surface area contributed by atoms with E-state index in [1.807, 2.05) is 0 Å². The van der Waals surface area contributed by atoms with Gasteiger partial charge < -0.3 is 15.3 Å². The molecule has 0 unspecified atom stereocenters. The van der Waals surface area contributed by atoms with Gasteiger partial charge in [0.1, 0.15) is 0 Å². The summed E-state index contributed by atoms with van der Waals surface area (Å²) in [5.41, 5.74) is 0. The normalized spacial score (nSPS) is 39.8. The van der Waals surface area contributed by atoms with E-state index in [1.165, 1.54) is 0 Å².